The van der Waals surface area contributed by atoms with Gasteiger partial charge in [-0.2, -0.15) is 0 Å². The maximum absolute atomic E-state index is 12.9. The van der Waals surface area contributed by atoms with Crippen molar-refractivity contribution in [1.82, 2.24) is 0 Å². The van der Waals surface area contributed by atoms with Crippen LogP contribution in [0.3, 0.4) is 0 Å². The van der Waals surface area contributed by atoms with Crippen LogP contribution in [0.15, 0.2) is 72.9 Å². The van der Waals surface area contributed by atoms with Crippen LogP contribution in [0.2, 0.25) is 0 Å². The molecule has 6 heteroatoms. The first-order chi connectivity index (χ1) is 38.5. The predicted molar refractivity (Wildman–Crippen MR) is 339 cm³/mol. The number of esters is 3. The smallest absolute Gasteiger partial charge is 0.306 e. The molecule has 78 heavy (non-hydrogen) atoms. The summed E-state index contributed by atoms with van der Waals surface area (Å²) >= 11 is 0. The Hall–Kier alpha value is -3.15. The van der Waals surface area contributed by atoms with Crippen molar-refractivity contribution in [3.63, 3.8) is 0 Å². The molecular weight excluding hydrogens is 961 g/mol. The van der Waals surface area contributed by atoms with Crippen LogP contribution in [0.5, 0.6) is 0 Å². The summed E-state index contributed by atoms with van der Waals surface area (Å²) in [4.78, 5) is 38.2. The van der Waals surface area contributed by atoms with Gasteiger partial charge < -0.3 is 14.2 Å². The van der Waals surface area contributed by atoms with Gasteiger partial charge in [0.25, 0.3) is 0 Å². The average molecular weight is 1090 g/mol. The standard InChI is InChI=1S/C72H128O6/c1-4-7-10-13-16-19-22-24-26-28-30-32-33-34-35-36-37-38-39-41-42-44-46-48-50-53-56-59-62-65-71(74)77-68-69(67-76-70(73)64-61-58-55-52-21-18-15-12-9-6-3)78-72(75)66-63-60-57-54-51-49-47-45-43-40-31-29-27-25-23-20-17-14-11-8-5-2/h8,11,17,20,25,27,31,40,45,47,51,54,69H,4-7,9-10,12-16,18-19,21-24,26,28-30,32-39,41-44,46,48-50,52-53,55-68H2,1-3H3/b11-8-,20-17-,27-25-,40-31-,47-45-,54-51-. The highest BCUT2D eigenvalue weighted by molar-refractivity contribution is 5.71. The van der Waals surface area contributed by atoms with Gasteiger partial charge in [-0.3, -0.25) is 14.4 Å². The Kier molecular flexibility index (Phi) is 63.7. The van der Waals surface area contributed by atoms with Gasteiger partial charge in [-0.1, -0.05) is 331 Å². The van der Waals surface area contributed by atoms with Crippen LogP contribution in [-0.2, 0) is 28.6 Å². The van der Waals surface area contributed by atoms with Crippen LogP contribution in [0.4, 0.5) is 0 Å². The second-order valence-electron chi connectivity index (χ2n) is 22.7. The lowest BCUT2D eigenvalue weighted by atomic mass is 10.0. The monoisotopic (exact) mass is 1090 g/mol. The van der Waals surface area contributed by atoms with Gasteiger partial charge in [-0.15, -0.1) is 0 Å². The van der Waals surface area contributed by atoms with Gasteiger partial charge in [0.1, 0.15) is 13.2 Å². The summed E-state index contributed by atoms with van der Waals surface area (Å²) in [6, 6.07) is 0. The fourth-order valence-electron chi connectivity index (χ4n) is 9.92. The third-order valence-corrected chi connectivity index (χ3v) is 15.0. The van der Waals surface area contributed by atoms with Crippen molar-refractivity contribution < 1.29 is 28.6 Å². The summed E-state index contributed by atoms with van der Waals surface area (Å²) in [5.74, 6) is -0.918. The molecule has 1 unspecified atom stereocenters. The van der Waals surface area contributed by atoms with Crippen LogP contribution in [-0.4, -0.2) is 37.2 Å². The molecule has 0 radical (unpaired) electrons. The molecule has 0 aromatic carbocycles. The SMILES string of the molecule is CC/C=C\C/C=C\C/C=C\C/C=C\C/C=C\C/C=C\CCCCC(=O)OC(COC(=O)CCCCCCCCCCCC)COC(=O)CCCCCCCCCCCCCCCCCCCCCCCCCCCCCCC. The highest BCUT2D eigenvalue weighted by Gasteiger charge is 2.19. The van der Waals surface area contributed by atoms with Crippen molar-refractivity contribution in [2.75, 3.05) is 13.2 Å². The molecule has 0 rings (SSSR count). The zero-order valence-electron chi connectivity index (χ0n) is 51.9. The number of unbranched alkanes of at least 4 members (excludes halogenated alkanes) is 39. The summed E-state index contributed by atoms with van der Waals surface area (Å²) in [5.41, 5.74) is 0. The molecule has 0 heterocycles. The van der Waals surface area contributed by atoms with E-state index >= 15 is 0 Å². The first-order valence-corrected chi connectivity index (χ1v) is 33.9. The molecule has 452 valence electrons. The number of allylic oxidation sites excluding steroid dienone is 12. The topological polar surface area (TPSA) is 78.9 Å². The number of carbonyl (C=O) groups is 3. The minimum atomic E-state index is -0.796. The van der Waals surface area contributed by atoms with Gasteiger partial charge in [0, 0.05) is 19.3 Å². The van der Waals surface area contributed by atoms with E-state index < -0.39 is 6.10 Å². The predicted octanol–water partition coefficient (Wildman–Crippen LogP) is 23.3. The number of rotatable bonds is 62. The van der Waals surface area contributed by atoms with Crippen molar-refractivity contribution in [2.45, 2.75) is 354 Å². The minimum Gasteiger partial charge on any atom is -0.462 e. The van der Waals surface area contributed by atoms with Crippen LogP contribution >= 0.6 is 0 Å². The quantitative estimate of drug-likeness (QED) is 0.0261. The largest absolute Gasteiger partial charge is 0.462 e. The Balaban J connectivity index is 4.20. The van der Waals surface area contributed by atoms with Gasteiger partial charge in [0.2, 0.25) is 0 Å². The Morgan fingerprint density at radius 1 is 0.269 bits per heavy atom. The molecular formula is C72H128O6. The van der Waals surface area contributed by atoms with E-state index in [0.29, 0.717) is 19.3 Å². The maximum Gasteiger partial charge on any atom is 0.306 e. The molecule has 0 saturated heterocycles. The van der Waals surface area contributed by atoms with Crippen LogP contribution in [0.1, 0.15) is 348 Å². The maximum atomic E-state index is 12.9. The third-order valence-electron chi connectivity index (χ3n) is 15.0. The number of hydrogen-bond acceptors (Lipinski definition) is 6. The van der Waals surface area contributed by atoms with E-state index in [9.17, 15) is 14.4 Å². The summed E-state index contributed by atoms with van der Waals surface area (Å²) in [6.07, 6.45) is 86.6. The average Bonchev–Trinajstić information content (AvgIpc) is 3.44. The Bertz CT molecular complexity index is 1440. The van der Waals surface area contributed by atoms with E-state index in [1.165, 1.54) is 212 Å². The molecule has 0 spiro atoms. The fraction of sp³-hybridized carbons (Fsp3) is 0.792. The molecule has 0 aliphatic carbocycles. The summed E-state index contributed by atoms with van der Waals surface area (Å²) in [7, 11) is 0. The molecule has 0 fully saturated rings. The Morgan fingerprint density at radius 2 is 0.500 bits per heavy atom. The van der Waals surface area contributed by atoms with Crippen molar-refractivity contribution in [1.29, 1.82) is 0 Å². The second kappa shape index (κ2) is 66.4. The van der Waals surface area contributed by atoms with Gasteiger partial charge in [-0.25, -0.2) is 0 Å². The normalized spacial score (nSPS) is 12.5. The van der Waals surface area contributed by atoms with E-state index in [2.05, 4.69) is 93.7 Å². The molecule has 6 nitrogen and oxygen atoms in total. The van der Waals surface area contributed by atoms with Crippen molar-refractivity contribution in [3.05, 3.63) is 72.9 Å². The summed E-state index contributed by atoms with van der Waals surface area (Å²) in [6.45, 7) is 6.52. The summed E-state index contributed by atoms with van der Waals surface area (Å²) < 4.78 is 16.9. The van der Waals surface area contributed by atoms with Gasteiger partial charge in [0.05, 0.1) is 0 Å². The van der Waals surface area contributed by atoms with Gasteiger partial charge >= 0.3 is 17.9 Å². The molecule has 1 atom stereocenters. The number of hydrogen-bond donors (Lipinski definition) is 0. The molecule has 0 aliphatic heterocycles. The van der Waals surface area contributed by atoms with Crippen molar-refractivity contribution >= 4 is 17.9 Å². The molecule has 0 saturated carbocycles. The molecule has 0 aromatic rings. The Labute approximate surface area is 484 Å². The molecule has 0 amide bonds. The van der Waals surface area contributed by atoms with E-state index in [1.807, 2.05) is 0 Å². The van der Waals surface area contributed by atoms with Crippen LogP contribution in [0.25, 0.3) is 0 Å². The molecule has 0 aromatic heterocycles. The summed E-state index contributed by atoms with van der Waals surface area (Å²) in [5, 5.41) is 0. The lowest BCUT2D eigenvalue weighted by molar-refractivity contribution is -0.167. The fourth-order valence-corrected chi connectivity index (χ4v) is 9.92. The molecule has 0 aliphatic rings. The van der Waals surface area contributed by atoms with Crippen LogP contribution in [0, 0.1) is 0 Å². The van der Waals surface area contributed by atoms with Gasteiger partial charge in [0.15, 0.2) is 6.10 Å². The zero-order valence-corrected chi connectivity index (χ0v) is 51.9. The van der Waals surface area contributed by atoms with Gasteiger partial charge in [-0.05, 0) is 70.6 Å². The van der Waals surface area contributed by atoms with Crippen molar-refractivity contribution in [3.8, 4) is 0 Å². The zero-order chi connectivity index (χ0) is 56.4. The van der Waals surface area contributed by atoms with Crippen molar-refractivity contribution in [2.24, 2.45) is 0 Å². The lowest BCUT2D eigenvalue weighted by Gasteiger charge is -2.18. The van der Waals surface area contributed by atoms with E-state index in [-0.39, 0.29) is 37.5 Å². The van der Waals surface area contributed by atoms with E-state index in [4.69, 9.17) is 14.2 Å². The second-order valence-corrected chi connectivity index (χ2v) is 22.7. The van der Waals surface area contributed by atoms with Crippen LogP contribution < -0.4 is 0 Å². The molecule has 0 bridgehead atoms. The highest BCUT2D eigenvalue weighted by atomic mass is 16.6. The van der Waals surface area contributed by atoms with E-state index in [0.717, 1.165) is 89.9 Å². The molecule has 0 N–H and O–H groups in total. The minimum absolute atomic E-state index is 0.0891. The lowest BCUT2D eigenvalue weighted by Crippen LogP contribution is -2.30. The van der Waals surface area contributed by atoms with E-state index in [1.54, 1.807) is 0 Å². The first-order valence-electron chi connectivity index (χ1n) is 33.9. The highest BCUT2D eigenvalue weighted by Crippen LogP contribution is 2.18. The Morgan fingerprint density at radius 3 is 0.782 bits per heavy atom. The number of ether oxygens (including phenoxy) is 3. The number of carbonyl (C=O) groups excluding carboxylic acids is 3. The first kappa shape index (κ1) is 74.8. The third kappa shape index (κ3) is 63.7.